The fraction of sp³-hybridized carbons (Fsp3) is 0.438. The largest absolute Gasteiger partial charge is 0.463 e. The average Bonchev–Trinajstić information content (AvgIpc) is 3.11. The first kappa shape index (κ1) is 14.4. The van der Waals surface area contributed by atoms with Crippen LogP contribution < -0.4 is 0 Å². The molecule has 0 unspecified atom stereocenters. The number of ether oxygens (including phenoxy) is 1. The molecule has 0 N–H and O–H groups in total. The van der Waals surface area contributed by atoms with E-state index in [1.807, 2.05) is 6.07 Å². The number of carbonyl (C=O) groups excluding carboxylic acids is 1. The summed E-state index contributed by atoms with van der Waals surface area (Å²) < 4.78 is 10.3. The van der Waals surface area contributed by atoms with Gasteiger partial charge >= 0.3 is 5.97 Å². The Morgan fingerprint density at radius 2 is 2.19 bits per heavy atom. The van der Waals surface area contributed by atoms with Crippen molar-refractivity contribution < 1.29 is 13.9 Å². The number of thiophene rings is 1. The third-order valence-corrected chi connectivity index (χ3v) is 4.79. The molecule has 0 aliphatic heterocycles. The van der Waals surface area contributed by atoms with Gasteiger partial charge in [0.2, 0.25) is 5.76 Å². The van der Waals surface area contributed by atoms with E-state index in [9.17, 15) is 4.79 Å². The molecule has 21 heavy (non-hydrogen) atoms. The molecule has 2 heterocycles. The highest BCUT2D eigenvalue weighted by molar-refractivity contribution is 7.10. The van der Waals surface area contributed by atoms with Crippen molar-refractivity contribution >= 4 is 17.3 Å². The number of furan rings is 1. The maximum absolute atomic E-state index is 11.4. The summed E-state index contributed by atoms with van der Waals surface area (Å²) in [4.78, 5) is 15.3. The SMILES string of the molecule is COC(=O)c1ccc(CN(Cc2sccc2C)C2CC2)o1. The molecule has 0 aromatic carbocycles. The van der Waals surface area contributed by atoms with Crippen molar-refractivity contribution in [3.8, 4) is 0 Å². The highest BCUT2D eigenvalue weighted by atomic mass is 32.1. The molecule has 112 valence electrons. The van der Waals surface area contributed by atoms with Crippen molar-refractivity contribution in [1.82, 2.24) is 4.90 Å². The van der Waals surface area contributed by atoms with Gasteiger partial charge < -0.3 is 9.15 Å². The first-order valence-corrected chi connectivity index (χ1v) is 7.99. The lowest BCUT2D eigenvalue weighted by molar-refractivity contribution is 0.0561. The van der Waals surface area contributed by atoms with Crippen LogP contribution in [0.5, 0.6) is 0 Å². The maximum Gasteiger partial charge on any atom is 0.373 e. The Labute approximate surface area is 128 Å². The van der Waals surface area contributed by atoms with Crippen LogP contribution in [0.25, 0.3) is 0 Å². The molecule has 0 radical (unpaired) electrons. The lowest BCUT2D eigenvalue weighted by Gasteiger charge is -2.20. The van der Waals surface area contributed by atoms with Gasteiger partial charge in [0.25, 0.3) is 0 Å². The van der Waals surface area contributed by atoms with E-state index in [0.717, 1.165) is 18.8 Å². The van der Waals surface area contributed by atoms with Gasteiger partial charge in [-0.3, -0.25) is 4.90 Å². The first-order valence-electron chi connectivity index (χ1n) is 7.11. The molecule has 2 aromatic heterocycles. The van der Waals surface area contributed by atoms with E-state index in [1.54, 1.807) is 17.4 Å². The summed E-state index contributed by atoms with van der Waals surface area (Å²) in [6, 6.07) is 6.34. The molecule has 0 saturated heterocycles. The molecular formula is C16H19NO3S. The molecule has 1 aliphatic rings. The molecule has 5 heteroatoms. The molecule has 4 nitrogen and oxygen atoms in total. The Hall–Kier alpha value is -1.59. The molecule has 3 rings (SSSR count). The van der Waals surface area contributed by atoms with Crippen molar-refractivity contribution in [3.05, 3.63) is 45.5 Å². The van der Waals surface area contributed by atoms with Crippen molar-refractivity contribution in [1.29, 1.82) is 0 Å². The van der Waals surface area contributed by atoms with Crippen LogP contribution in [0.4, 0.5) is 0 Å². The van der Waals surface area contributed by atoms with Gasteiger partial charge in [-0.25, -0.2) is 4.79 Å². The van der Waals surface area contributed by atoms with Gasteiger partial charge in [-0.05, 0) is 48.9 Å². The Kier molecular flexibility index (Phi) is 4.12. The van der Waals surface area contributed by atoms with Crippen molar-refractivity contribution in [2.75, 3.05) is 7.11 Å². The molecule has 1 fully saturated rings. The van der Waals surface area contributed by atoms with Gasteiger partial charge in [-0.1, -0.05) is 0 Å². The lowest BCUT2D eigenvalue weighted by atomic mass is 10.2. The summed E-state index contributed by atoms with van der Waals surface area (Å²) in [7, 11) is 1.36. The van der Waals surface area contributed by atoms with Gasteiger partial charge in [0.1, 0.15) is 5.76 Å². The Morgan fingerprint density at radius 3 is 2.81 bits per heavy atom. The summed E-state index contributed by atoms with van der Waals surface area (Å²) in [5.74, 6) is 0.667. The van der Waals surface area contributed by atoms with Gasteiger partial charge in [-0.15, -0.1) is 11.3 Å². The molecule has 0 spiro atoms. The summed E-state index contributed by atoms with van der Waals surface area (Å²) in [5, 5.41) is 2.14. The van der Waals surface area contributed by atoms with E-state index in [4.69, 9.17) is 4.42 Å². The van der Waals surface area contributed by atoms with E-state index in [-0.39, 0.29) is 5.76 Å². The van der Waals surface area contributed by atoms with E-state index in [0.29, 0.717) is 6.04 Å². The molecule has 2 aromatic rings. The maximum atomic E-state index is 11.4. The monoisotopic (exact) mass is 305 g/mol. The number of hydrogen-bond acceptors (Lipinski definition) is 5. The van der Waals surface area contributed by atoms with E-state index in [2.05, 4.69) is 28.0 Å². The van der Waals surface area contributed by atoms with Gasteiger partial charge in [0, 0.05) is 17.5 Å². The topological polar surface area (TPSA) is 42.7 Å². The van der Waals surface area contributed by atoms with Crippen LogP contribution in [0.1, 0.15) is 39.6 Å². The summed E-state index contributed by atoms with van der Waals surface area (Å²) in [6.45, 7) is 3.83. The second-order valence-corrected chi connectivity index (χ2v) is 6.42. The van der Waals surface area contributed by atoms with Crippen molar-refractivity contribution in [2.45, 2.75) is 38.9 Å². The Bertz CT molecular complexity index is 627. The Balaban J connectivity index is 1.69. The van der Waals surface area contributed by atoms with Crippen molar-refractivity contribution in [2.24, 2.45) is 0 Å². The average molecular weight is 305 g/mol. The van der Waals surface area contributed by atoms with Gasteiger partial charge in [-0.2, -0.15) is 0 Å². The summed E-state index contributed by atoms with van der Waals surface area (Å²) in [5.41, 5.74) is 1.35. The predicted molar refractivity (Wildman–Crippen MR) is 81.4 cm³/mol. The highest BCUT2D eigenvalue weighted by Crippen LogP contribution is 2.31. The Morgan fingerprint density at radius 1 is 1.38 bits per heavy atom. The number of esters is 1. The quantitative estimate of drug-likeness (QED) is 0.765. The lowest BCUT2D eigenvalue weighted by Crippen LogP contribution is -2.24. The van der Waals surface area contributed by atoms with Crippen LogP contribution in [0.3, 0.4) is 0 Å². The van der Waals surface area contributed by atoms with Crippen LogP contribution in [0.15, 0.2) is 28.0 Å². The smallest absolute Gasteiger partial charge is 0.373 e. The summed E-state index contributed by atoms with van der Waals surface area (Å²) >= 11 is 1.80. The van der Waals surface area contributed by atoms with Crippen LogP contribution in [-0.2, 0) is 17.8 Å². The van der Waals surface area contributed by atoms with Crippen LogP contribution >= 0.6 is 11.3 Å². The normalized spacial score (nSPS) is 14.6. The standard InChI is InChI=1S/C16H19NO3S/c1-11-7-8-21-15(11)10-17(12-3-4-12)9-13-5-6-14(20-13)16(18)19-2/h5-8,12H,3-4,9-10H2,1-2H3. The third kappa shape index (κ3) is 3.36. The molecule has 1 aliphatic carbocycles. The molecule has 1 saturated carbocycles. The number of methoxy groups -OCH3 is 1. The minimum atomic E-state index is -0.423. The second kappa shape index (κ2) is 6.03. The zero-order chi connectivity index (χ0) is 14.8. The van der Waals surface area contributed by atoms with Crippen LogP contribution in [0.2, 0.25) is 0 Å². The van der Waals surface area contributed by atoms with E-state index < -0.39 is 5.97 Å². The zero-order valence-electron chi connectivity index (χ0n) is 12.3. The van der Waals surface area contributed by atoms with Gasteiger partial charge in [0.15, 0.2) is 0 Å². The minimum Gasteiger partial charge on any atom is -0.463 e. The van der Waals surface area contributed by atoms with Crippen LogP contribution in [0, 0.1) is 6.92 Å². The third-order valence-electron chi connectivity index (χ3n) is 3.79. The number of hydrogen-bond donors (Lipinski definition) is 0. The molecule has 0 amide bonds. The fourth-order valence-electron chi connectivity index (χ4n) is 2.38. The van der Waals surface area contributed by atoms with Crippen molar-refractivity contribution in [3.63, 3.8) is 0 Å². The molecule has 0 atom stereocenters. The summed E-state index contributed by atoms with van der Waals surface area (Å²) in [6.07, 6.45) is 2.49. The first-order chi connectivity index (χ1) is 10.2. The van der Waals surface area contributed by atoms with Gasteiger partial charge in [0.05, 0.1) is 13.7 Å². The van der Waals surface area contributed by atoms with Crippen LogP contribution in [-0.4, -0.2) is 24.0 Å². The predicted octanol–water partition coefficient (Wildman–Crippen LogP) is 3.60. The van der Waals surface area contributed by atoms with E-state index in [1.165, 1.54) is 30.4 Å². The number of nitrogens with zero attached hydrogens (tertiary/aromatic N) is 1. The van der Waals surface area contributed by atoms with E-state index >= 15 is 0 Å². The number of carbonyl (C=O) groups is 1. The zero-order valence-corrected chi connectivity index (χ0v) is 13.1. The number of aryl methyl sites for hydroxylation is 1. The number of rotatable bonds is 6. The molecule has 0 bridgehead atoms. The molecular weight excluding hydrogens is 286 g/mol. The second-order valence-electron chi connectivity index (χ2n) is 5.42. The highest BCUT2D eigenvalue weighted by Gasteiger charge is 2.30. The fourth-order valence-corrected chi connectivity index (χ4v) is 3.31. The minimum absolute atomic E-state index is 0.274.